The van der Waals surface area contributed by atoms with Crippen LogP contribution in [0.5, 0.6) is 0 Å². The molecule has 0 aromatic heterocycles. The quantitative estimate of drug-likeness (QED) is 0.0261. The first-order valence-electron chi connectivity index (χ1n) is 33.2. The minimum atomic E-state index is -0.785. The van der Waals surface area contributed by atoms with Crippen LogP contribution >= 0.6 is 0 Å². The zero-order valence-electron chi connectivity index (χ0n) is 51.4. The maximum Gasteiger partial charge on any atom is 0.306 e. The smallest absolute Gasteiger partial charge is 0.306 e. The van der Waals surface area contributed by atoms with Crippen molar-refractivity contribution in [3.05, 3.63) is 97.2 Å². The Kier molecular flexibility index (Phi) is 62.7. The highest BCUT2D eigenvalue weighted by Crippen LogP contribution is 2.17. The number of hydrogen-bond donors (Lipinski definition) is 0. The molecule has 0 saturated heterocycles. The standard InChI is InChI=1S/C72H124O6/c1-4-7-10-13-16-19-22-25-28-30-31-32-33-34-35-36-37-38-39-40-41-43-44-47-50-53-56-59-62-65-71(74)77-68-69(67-76-70(73)64-61-58-55-52-49-46-27-24-21-18-15-12-9-6-3)78-72(75)66-63-60-57-54-51-48-45-42-29-26-23-20-17-14-11-8-5-2/h7,10,16,19,24-25,27-28,31-32,34-35,37-38,40-41,69H,4-6,8-9,11-15,17-18,20-23,26,29-30,33,36,39,42-68H2,1-3H3/b10-7-,19-16-,27-24-,28-25-,32-31-,35-34-,38-37-,41-40-. The fourth-order valence-corrected chi connectivity index (χ4v) is 9.36. The third-order valence-electron chi connectivity index (χ3n) is 14.3. The lowest BCUT2D eigenvalue weighted by Crippen LogP contribution is -2.30. The third-order valence-corrected chi connectivity index (χ3v) is 14.3. The van der Waals surface area contributed by atoms with Crippen LogP contribution in [0, 0.1) is 0 Å². The highest BCUT2D eigenvalue weighted by atomic mass is 16.6. The third kappa shape index (κ3) is 63.2. The first-order chi connectivity index (χ1) is 38.5. The number of ether oxygens (including phenoxy) is 3. The van der Waals surface area contributed by atoms with Crippen molar-refractivity contribution in [2.45, 2.75) is 329 Å². The molecule has 0 heterocycles. The zero-order valence-corrected chi connectivity index (χ0v) is 51.4. The van der Waals surface area contributed by atoms with Gasteiger partial charge in [0.1, 0.15) is 13.2 Å². The molecule has 0 rings (SSSR count). The summed E-state index contributed by atoms with van der Waals surface area (Å²) in [6, 6.07) is 0. The lowest BCUT2D eigenvalue weighted by molar-refractivity contribution is -0.167. The largest absolute Gasteiger partial charge is 0.462 e. The molecule has 0 aromatic rings. The van der Waals surface area contributed by atoms with Crippen LogP contribution in [0.2, 0.25) is 0 Å². The monoisotopic (exact) mass is 1080 g/mol. The minimum Gasteiger partial charge on any atom is -0.462 e. The predicted octanol–water partition coefficient (Wildman–Crippen LogP) is 22.8. The molecule has 0 N–H and O–H groups in total. The fraction of sp³-hybridized carbons (Fsp3) is 0.736. The van der Waals surface area contributed by atoms with Gasteiger partial charge in [-0.3, -0.25) is 14.4 Å². The summed E-state index contributed by atoms with van der Waals surface area (Å²) in [7, 11) is 0. The van der Waals surface area contributed by atoms with E-state index in [1.54, 1.807) is 0 Å². The van der Waals surface area contributed by atoms with Crippen LogP contribution in [0.1, 0.15) is 323 Å². The van der Waals surface area contributed by atoms with E-state index in [1.807, 2.05) is 0 Å². The molecule has 6 nitrogen and oxygen atoms in total. The van der Waals surface area contributed by atoms with Gasteiger partial charge in [0.05, 0.1) is 0 Å². The molecule has 0 spiro atoms. The second-order valence-corrected chi connectivity index (χ2v) is 22.0. The Morgan fingerprint density at radius 2 is 0.500 bits per heavy atom. The molecule has 0 saturated carbocycles. The Balaban J connectivity index is 4.33. The van der Waals surface area contributed by atoms with Crippen molar-refractivity contribution < 1.29 is 28.6 Å². The number of hydrogen-bond acceptors (Lipinski definition) is 6. The molecule has 448 valence electrons. The van der Waals surface area contributed by atoms with Gasteiger partial charge < -0.3 is 14.2 Å². The van der Waals surface area contributed by atoms with Crippen LogP contribution in [0.25, 0.3) is 0 Å². The van der Waals surface area contributed by atoms with E-state index in [2.05, 4.69) is 118 Å². The van der Waals surface area contributed by atoms with Crippen molar-refractivity contribution in [3.8, 4) is 0 Å². The van der Waals surface area contributed by atoms with Crippen molar-refractivity contribution in [1.29, 1.82) is 0 Å². The van der Waals surface area contributed by atoms with Crippen LogP contribution in [0.4, 0.5) is 0 Å². The Hall–Kier alpha value is -3.67. The van der Waals surface area contributed by atoms with E-state index in [0.717, 1.165) is 116 Å². The highest BCUT2D eigenvalue weighted by molar-refractivity contribution is 5.71. The van der Waals surface area contributed by atoms with Gasteiger partial charge in [-0.25, -0.2) is 0 Å². The Morgan fingerprint density at radius 1 is 0.269 bits per heavy atom. The predicted molar refractivity (Wildman–Crippen MR) is 339 cm³/mol. The van der Waals surface area contributed by atoms with E-state index in [4.69, 9.17) is 14.2 Å². The van der Waals surface area contributed by atoms with Gasteiger partial charge in [-0.2, -0.15) is 0 Å². The van der Waals surface area contributed by atoms with Crippen LogP contribution in [-0.2, 0) is 28.6 Å². The normalized spacial score (nSPS) is 12.7. The summed E-state index contributed by atoms with van der Waals surface area (Å²) < 4.78 is 16.9. The average molecular weight is 1090 g/mol. The Labute approximate surface area is 483 Å². The summed E-state index contributed by atoms with van der Waals surface area (Å²) >= 11 is 0. The van der Waals surface area contributed by atoms with Gasteiger partial charge in [-0.15, -0.1) is 0 Å². The summed E-state index contributed by atoms with van der Waals surface area (Å²) in [4.78, 5) is 38.3. The molecular formula is C72H124O6. The molecule has 0 amide bonds. The van der Waals surface area contributed by atoms with E-state index in [9.17, 15) is 14.4 Å². The topological polar surface area (TPSA) is 78.9 Å². The van der Waals surface area contributed by atoms with Crippen LogP contribution < -0.4 is 0 Å². The molecule has 78 heavy (non-hydrogen) atoms. The molecule has 0 fully saturated rings. The van der Waals surface area contributed by atoms with E-state index in [0.29, 0.717) is 19.3 Å². The maximum atomic E-state index is 12.9. The van der Waals surface area contributed by atoms with E-state index < -0.39 is 6.10 Å². The fourth-order valence-electron chi connectivity index (χ4n) is 9.36. The van der Waals surface area contributed by atoms with Crippen molar-refractivity contribution in [3.63, 3.8) is 0 Å². The molecule has 0 aliphatic carbocycles. The molecule has 1 unspecified atom stereocenters. The molecule has 0 aliphatic rings. The number of unbranched alkanes of at least 4 members (excludes halogenated alkanes) is 33. The first kappa shape index (κ1) is 74.3. The maximum absolute atomic E-state index is 12.9. The summed E-state index contributed by atoms with van der Waals surface area (Å²) in [5, 5.41) is 0. The van der Waals surface area contributed by atoms with Crippen molar-refractivity contribution in [2.24, 2.45) is 0 Å². The molecule has 1 atom stereocenters. The van der Waals surface area contributed by atoms with Crippen LogP contribution in [-0.4, -0.2) is 37.2 Å². The molecule has 0 aliphatic heterocycles. The number of esters is 3. The summed E-state index contributed by atoms with van der Waals surface area (Å²) in [5.74, 6) is -0.887. The van der Waals surface area contributed by atoms with Gasteiger partial charge in [-0.1, -0.05) is 298 Å². The molecule has 0 bridgehead atoms. The molecule has 0 aromatic carbocycles. The lowest BCUT2D eigenvalue weighted by Gasteiger charge is -2.18. The zero-order chi connectivity index (χ0) is 56.4. The first-order valence-corrected chi connectivity index (χ1v) is 33.2. The summed E-state index contributed by atoms with van der Waals surface area (Å²) in [6.07, 6.45) is 88.4. The average Bonchev–Trinajstić information content (AvgIpc) is 3.44. The molecular weight excluding hydrogens is 961 g/mol. The van der Waals surface area contributed by atoms with Crippen LogP contribution in [0.3, 0.4) is 0 Å². The van der Waals surface area contributed by atoms with E-state index >= 15 is 0 Å². The number of allylic oxidation sites excluding steroid dienone is 16. The van der Waals surface area contributed by atoms with Crippen molar-refractivity contribution >= 4 is 17.9 Å². The number of carbonyl (C=O) groups is 3. The highest BCUT2D eigenvalue weighted by Gasteiger charge is 2.19. The van der Waals surface area contributed by atoms with Gasteiger partial charge >= 0.3 is 17.9 Å². The number of rotatable bonds is 60. The van der Waals surface area contributed by atoms with Gasteiger partial charge in [0.25, 0.3) is 0 Å². The molecule has 6 heteroatoms. The number of carbonyl (C=O) groups excluding carboxylic acids is 3. The van der Waals surface area contributed by atoms with Crippen molar-refractivity contribution in [2.75, 3.05) is 13.2 Å². The Morgan fingerprint density at radius 3 is 0.795 bits per heavy atom. The van der Waals surface area contributed by atoms with Gasteiger partial charge in [0.15, 0.2) is 6.10 Å². The van der Waals surface area contributed by atoms with E-state index in [1.165, 1.54) is 167 Å². The molecule has 0 radical (unpaired) electrons. The second kappa shape index (κ2) is 65.8. The Bertz CT molecular complexity index is 1530. The van der Waals surface area contributed by atoms with Crippen LogP contribution in [0.15, 0.2) is 97.2 Å². The van der Waals surface area contributed by atoms with Gasteiger partial charge in [-0.05, 0) is 103 Å². The van der Waals surface area contributed by atoms with Gasteiger partial charge in [0, 0.05) is 19.3 Å². The minimum absolute atomic E-state index is 0.0822. The lowest BCUT2D eigenvalue weighted by atomic mass is 10.0. The second-order valence-electron chi connectivity index (χ2n) is 22.0. The summed E-state index contributed by atoms with van der Waals surface area (Å²) in [6.45, 7) is 6.54. The SMILES string of the molecule is CC/C=C\C/C=C\C/C=C\C/C=C\C/C=C\C/C=C\C/C=C\CCCCCCCCCC(=O)OCC(COC(=O)CCCCCCC/C=C\CCCCCCC)OC(=O)CCCCCCCCCCCCCCCCCCC. The summed E-state index contributed by atoms with van der Waals surface area (Å²) in [5.41, 5.74) is 0. The van der Waals surface area contributed by atoms with Crippen molar-refractivity contribution in [1.82, 2.24) is 0 Å². The van der Waals surface area contributed by atoms with E-state index in [-0.39, 0.29) is 31.1 Å². The van der Waals surface area contributed by atoms with Gasteiger partial charge in [0.2, 0.25) is 0 Å².